The first-order valence-electron chi connectivity index (χ1n) is 4.06. The fourth-order valence-electron chi connectivity index (χ4n) is 1.61. The average molecular weight is 157 g/mol. The van der Waals surface area contributed by atoms with Crippen LogP contribution >= 0.6 is 0 Å². The van der Waals surface area contributed by atoms with E-state index in [1.165, 1.54) is 6.92 Å². The summed E-state index contributed by atoms with van der Waals surface area (Å²) in [5, 5.41) is 12.2. The van der Waals surface area contributed by atoms with Crippen molar-refractivity contribution in [1.29, 1.82) is 0 Å². The Labute approximate surface area is 66.8 Å². The van der Waals surface area contributed by atoms with Crippen molar-refractivity contribution in [1.82, 2.24) is 5.32 Å². The molecule has 1 aliphatic carbocycles. The van der Waals surface area contributed by atoms with Crippen molar-refractivity contribution < 1.29 is 9.90 Å². The van der Waals surface area contributed by atoms with Crippen LogP contribution in [0, 0.1) is 5.92 Å². The van der Waals surface area contributed by atoms with E-state index in [2.05, 4.69) is 5.32 Å². The third-order valence-corrected chi connectivity index (χ3v) is 2.40. The number of carbonyl (C=O) groups excluding carboxylic acids is 1. The molecule has 2 N–H and O–H groups in total. The van der Waals surface area contributed by atoms with E-state index < -0.39 is 0 Å². The highest BCUT2D eigenvalue weighted by Crippen LogP contribution is 2.25. The number of nitrogens with one attached hydrogen (secondary N) is 1. The highest BCUT2D eigenvalue weighted by molar-refractivity contribution is 5.73. The molecule has 0 aromatic heterocycles. The van der Waals surface area contributed by atoms with E-state index in [-0.39, 0.29) is 24.0 Å². The molecule has 0 heterocycles. The topological polar surface area (TPSA) is 49.3 Å². The first kappa shape index (κ1) is 8.53. The Kier molecular flexibility index (Phi) is 2.49. The fraction of sp³-hybridized carbons (Fsp3) is 0.875. The number of rotatable bonds is 1. The monoisotopic (exact) mass is 157 g/mol. The molecule has 3 atom stereocenters. The Hall–Kier alpha value is -0.570. The third kappa shape index (κ3) is 1.93. The molecule has 1 rings (SSSR count). The van der Waals surface area contributed by atoms with Crippen LogP contribution in [0.1, 0.15) is 26.7 Å². The van der Waals surface area contributed by atoms with Gasteiger partial charge in [-0.25, -0.2) is 0 Å². The van der Waals surface area contributed by atoms with Gasteiger partial charge in [0, 0.05) is 18.9 Å². The normalized spacial score (nSPS) is 37.2. The minimum Gasteiger partial charge on any atom is -0.393 e. The number of aliphatic hydroxyl groups excluding tert-OH is 1. The Bertz CT molecular complexity index is 158. The van der Waals surface area contributed by atoms with Gasteiger partial charge in [-0.05, 0) is 12.8 Å². The van der Waals surface area contributed by atoms with E-state index >= 15 is 0 Å². The van der Waals surface area contributed by atoms with Crippen molar-refractivity contribution >= 4 is 5.91 Å². The summed E-state index contributed by atoms with van der Waals surface area (Å²) < 4.78 is 0. The summed E-state index contributed by atoms with van der Waals surface area (Å²) in [5.74, 6) is 0.204. The van der Waals surface area contributed by atoms with Gasteiger partial charge in [-0.3, -0.25) is 4.79 Å². The van der Waals surface area contributed by atoms with Crippen LogP contribution in [0.3, 0.4) is 0 Å². The molecular formula is C8H15NO2. The first-order chi connectivity index (χ1) is 5.11. The van der Waals surface area contributed by atoms with Gasteiger partial charge in [0.1, 0.15) is 0 Å². The molecule has 3 nitrogen and oxygen atoms in total. The van der Waals surface area contributed by atoms with Crippen LogP contribution in [0.4, 0.5) is 0 Å². The lowest BCUT2D eigenvalue weighted by Gasteiger charge is -2.17. The highest BCUT2D eigenvalue weighted by Gasteiger charge is 2.31. The summed E-state index contributed by atoms with van der Waals surface area (Å²) >= 11 is 0. The predicted octanol–water partition coefficient (Wildman–Crippen LogP) is 0.282. The fourth-order valence-corrected chi connectivity index (χ4v) is 1.61. The van der Waals surface area contributed by atoms with Crippen LogP contribution in [-0.2, 0) is 4.79 Å². The molecule has 0 aromatic carbocycles. The van der Waals surface area contributed by atoms with Crippen LogP contribution in [-0.4, -0.2) is 23.2 Å². The van der Waals surface area contributed by atoms with Crippen LogP contribution in [0.5, 0.6) is 0 Å². The second kappa shape index (κ2) is 3.22. The molecule has 3 unspecified atom stereocenters. The molecule has 0 spiro atoms. The molecule has 0 aliphatic heterocycles. The maximum absolute atomic E-state index is 10.7. The highest BCUT2D eigenvalue weighted by atomic mass is 16.3. The molecule has 0 aromatic rings. The minimum atomic E-state index is -0.230. The molecule has 1 saturated carbocycles. The molecule has 0 bridgehead atoms. The summed E-state index contributed by atoms with van der Waals surface area (Å²) in [5.41, 5.74) is 0. The van der Waals surface area contributed by atoms with Crippen LogP contribution in [0.2, 0.25) is 0 Å². The summed E-state index contributed by atoms with van der Waals surface area (Å²) in [6.07, 6.45) is 1.49. The molecular weight excluding hydrogens is 142 g/mol. The molecule has 0 radical (unpaired) electrons. The van der Waals surface area contributed by atoms with Gasteiger partial charge < -0.3 is 10.4 Å². The quantitative estimate of drug-likeness (QED) is 0.574. The average Bonchev–Trinajstić information content (AvgIpc) is 2.18. The zero-order valence-corrected chi connectivity index (χ0v) is 7.00. The maximum atomic E-state index is 10.7. The van der Waals surface area contributed by atoms with Crippen molar-refractivity contribution in [2.75, 3.05) is 0 Å². The molecule has 11 heavy (non-hydrogen) atoms. The minimum absolute atomic E-state index is 0.00375. The Morgan fingerprint density at radius 3 is 2.55 bits per heavy atom. The van der Waals surface area contributed by atoms with Crippen molar-refractivity contribution in [2.45, 2.75) is 38.8 Å². The Morgan fingerprint density at radius 2 is 2.18 bits per heavy atom. The number of carbonyl (C=O) groups is 1. The van der Waals surface area contributed by atoms with Gasteiger partial charge in [0.25, 0.3) is 0 Å². The lowest BCUT2D eigenvalue weighted by molar-refractivity contribution is -0.119. The van der Waals surface area contributed by atoms with Gasteiger partial charge in [-0.15, -0.1) is 0 Å². The molecule has 64 valence electrons. The summed E-state index contributed by atoms with van der Waals surface area (Å²) in [6, 6.07) is 0.183. The van der Waals surface area contributed by atoms with Gasteiger partial charge in [-0.2, -0.15) is 0 Å². The van der Waals surface area contributed by atoms with E-state index in [4.69, 9.17) is 0 Å². The molecule has 0 saturated heterocycles. The van der Waals surface area contributed by atoms with Crippen LogP contribution in [0.25, 0.3) is 0 Å². The van der Waals surface area contributed by atoms with Crippen molar-refractivity contribution in [2.24, 2.45) is 5.92 Å². The van der Waals surface area contributed by atoms with Gasteiger partial charge in [0.15, 0.2) is 0 Å². The van der Waals surface area contributed by atoms with Crippen molar-refractivity contribution in [3.63, 3.8) is 0 Å². The first-order valence-corrected chi connectivity index (χ1v) is 4.06. The molecule has 1 amide bonds. The SMILES string of the molecule is CC(=O)NC1CCC(O)C1C. The second-order valence-corrected chi connectivity index (χ2v) is 3.31. The van der Waals surface area contributed by atoms with Gasteiger partial charge in [0.05, 0.1) is 6.10 Å². The maximum Gasteiger partial charge on any atom is 0.217 e. The molecule has 1 fully saturated rings. The molecule has 1 aliphatic rings. The van der Waals surface area contributed by atoms with Gasteiger partial charge in [0.2, 0.25) is 5.91 Å². The number of hydrogen-bond donors (Lipinski definition) is 2. The zero-order chi connectivity index (χ0) is 8.43. The lowest BCUT2D eigenvalue weighted by atomic mass is 10.1. The predicted molar refractivity (Wildman–Crippen MR) is 42.0 cm³/mol. The van der Waals surface area contributed by atoms with E-state index in [0.717, 1.165) is 12.8 Å². The standard InChI is InChI=1S/C8H15NO2/c1-5-7(9-6(2)10)3-4-8(5)11/h5,7-8,11H,3-4H2,1-2H3,(H,9,10). The van der Waals surface area contributed by atoms with Crippen molar-refractivity contribution in [3.8, 4) is 0 Å². The zero-order valence-electron chi connectivity index (χ0n) is 7.00. The second-order valence-electron chi connectivity index (χ2n) is 3.31. The van der Waals surface area contributed by atoms with Crippen molar-refractivity contribution in [3.05, 3.63) is 0 Å². The summed E-state index contributed by atoms with van der Waals surface area (Å²) in [4.78, 5) is 10.7. The molecule has 3 heteroatoms. The van der Waals surface area contributed by atoms with Crippen LogP contribution in [0.15, 0.2) is 0 Å². The van der Waals surface area contributed by atoms with E-state index in [0.29, 0.717) is 0 Å². The summed E-state index contributed by atoms with van der Waals surface area (Å²) in [7, 11) is 0. The summed E-state index contributed by atoms with van der Waals surface area (Å²) in [6.45, 7) is 3.48. The van der Waals surface area contributed by atoms with Gasteiger partial charge >= 0.3 is 0 Å². The number of aliphatic hydroxyl groups is 1. The van der Waals surface area contributed by atoms with E-state index in [1.54, 1.807) is 0 Å². The van der Waals surface area contributed by atoms with Crippen LogP contribution < -0.4 is 5.32 Å². The smallest absolute Gasteiger partial charge is 0.217 e. The number of hydrogen-bond acceptors (Lipinski definition) is 2. The van der Waals surface area contributed by atoms with E-state index in [1.807, 2.05) is 6.92 Å². The lowest BCUT2D eigenvalue weighted by Crippen LogP contribution is -2.36. The van der Waals surface area contributed by atoms with E-state index in [9.17, 15) is 9.90 Å². The Balaban J connectivity index is 2.42. The largest absolute Gasteiger partial charge is 0.393 e. The third-order valence-electron chi connectivity index (χ3n) is 2.40. The Morgan fingerprint density at radius 1 is 1.55 bits per heavy atom. The van der Waals surface area contributed by atoms with Gasteiger partial charge in [-0.1, -0.05) is 6.92 Å². The number of amides is 1.